The number of aryl methyl sites for hydroxylation is 1. The number of ether oxygens (including phenoxy) is 2. The topological polar surface area (TPSA) is 18.5 Å². The van der Waals surface area contributed by atoms with Gasteiger partial charge in [-0.05, 0) is 97.9 Å². The standard InChI is InChI=1S/C29H34O2/c1-29(2,24-17-19-27(20-18-24)30-25-14-6-7-15-25)21-9-11-23-10-8-16-28(22-23)31-26-12-4-3-5-13-26/h3-5,8,10,12-13,16-20,22,25H,6-7,9,11,14-15,21H2,1-2H3. The third-order valence-electron chi connectivity index (χ3n) is 6.39. The first-order valence-electron chi connectivity index (χ1n) is 11.7. The van der Waals surface area contributed by atoms with E-state index in [1.54, 1.807) is 0 Å². The zero-order valence-electron chi connectivity index (χ0n) is 18.8. The molecule has 0 saturated heterocycles. The molecule has 0 aliphatic heterocycles. The van der Waals surface area contributed by atoms with E-state index in [1.165, 1.54) is 36.8 Å². The zero-order valence-corrected chi connectivity index (χ0v) is 18.8. The van der Waals surface area contributed by atoms with Crippen LogP contribution in [0.1, 0.15) is 63.5 Å². The van der Waals surface area contributed by atoms with Gasteiger partial charge in [0.25, 0.3) is 0 Å². The van der Waals surface area contributed by atoms with E-state index >= 15 is 0 Å². The second-order valence-electron chi connectivity index (χ2n) is 9.35. The lowest BCUT2D eigenvalue weighted by atomic mass is 9.80. The van der Waals surface area contributed by atoms with Gasteiger partial charge in [-0.25, -0.2) is 0 Å². The minimum Gasteiger partial charge on any atom is -0.490 e. The molecule has 162 valence electrons. The van der Waals surface area contributed by atoms with Gasteiger partial charge in [0.05, 0.1) is 6.10 Å². The lowest BCUT2D eigenvalue weighted by Gasteiger charge is -2.26. The summed E-state index contributed by atoms with van der Waals surface area (Å²) >= 11 is 0. The molecule has 0 unspecified atom stereocenters. The minimum atomic E-state index is 0.143. The van der Waals surface area contributed by atoms with Gasteiger partial charge in [-0.15, -0.1) is 0 Å². The van der Waals surface area contributed by atoms with Crippen LogP contribution < -0.4 is 9.47 Å². The van der Waals surface area contributed by atoms with Gasteiger partial charge in [-0.2, -0.15) is 0 Å². The van der Waals surface area contributed by atoms with Crippen molar-refractivity contribution in [2.24, 2.45) is 0 Å². The fourth-order valence-corrected chi connectivity index (χ4v) is 4.45. The van der Waals surface area contributed by atoms with Crippen LogP contribution in [-0.4, -0.2) is 6.10 Å². The van der Waals surface area contributed by atoms with Crippen LogP contribution in [0.2, 0.25) is 0 Å². The maximum absolute atomic E-state index is 6.12. The zero-order chi connectivity index (χ0) is 21.5. The van der Waals surface area contributed by atoms with Crippen LogP contribution in [0.4, 0.5) is 0 Å². The summed E-state index contributed by atoms with van der Waals surface area (Å²) in [6.07, 6.45) is 8.75. The summed E-state index contributed by atoms with van der Waals surface area (Å²) in [7, 11) is 0. The van der Waals surface area contributed by atoms with Crippen LogP contribution in [0.5, 0.6) is 17.2 Å². The molecule has 0 N–H and O–H groups in total. The lowest BCUT2D eigenvalue weighted by molar-refractivity contribution is 0.210. The Bertz CT molecular complexity index is 938. The van der Waals surface area contributed by atoms with Gasteiger partial charge in [-0.1, -0.05) is 56.3 Å². The van der Waals surface area contributed by atoms with Crippen molar-refractivity contribution < 1.29 is 9.47 Å². The Morgan fingerprint density at radius 2 is 1.48 bits per heavy atom. The predicted molar refractivity (Wildman–Crippen MR) is 128 cm³/mol. The molecule has 4 rings (SSSR count). The fourth-order valence-electron chi connectivity index (χ4n) is 4.45. The molecule has 0 radical (unpaired) electrons. The summed E-state index contributed by atoms with van der Waals surface area (Å²) < 4.78 is 12.1. The molecule has 2 nitrogen and oxygen atoms in total. The summed E-state index contributed by atoms with van der Waals surface area (Å²) in [5.41, 5.74) is 2.85. The highest BCUT2D eigenvalue weighted by molar-refractivity contribution is 5.34. The van der Waals surface area contributed by atoms with E-state index < -0.39 is 0 Å². The van der Waals surface area contributed by atoms with E-state index in [-0.39, 0.29) is 5.41 Å². The maximum Gasteiger partial charge on any atom is 0.127 e. The molecule has 3 aromatic rings. The lowest BCUT2D eigenvalue weighted by Crippen LogP contribution is -2.17. The Labute approximate surface area is 187 Å². The largest absolute Gasteiger partial charge is 0.490 e. The van der Waals surface area contributed by atoms with Crippen molar-refractivity contribution in [1.29, 1.82) is 0 Å². The summed E-state index contributed by atoms with van der Waals surface area (Å²) in [6.45, 7) is 4.68. The molecule has 31 heavy (non-hydrogen) atoms. The molecule has 0 bridgehead atoms. The first-order valence-corrected chi connectivity index (χ1v) is 11.7. The Hall–Kier alpha value is -2.74. The van der Waals surface area contributed by atoms with Crippen LogP contribution >= 0.6 is 0 Å². The molecule has 0 aromatic heterocycles. The number of benzene rings is 3. The van der Waals surface area contributed by atoms with Crippen LogP contribution in [-0.2, 0) is 11.8 Å². The van der Waals surface area contributed by atoms with Gasteiger partial charge in [-0.3, -0.25) is 0 Å². The van der Waals surface area contributed by atoms with E-state index in [0.29, 0.717) is 6.10 Å². The van der Waals surface area contributed by atoms with E-state index in [9.17, 15) is 0 Å². The molecule has 0 atom stereocenters. The average molecular weight is 415 g/mol. The smallest absolute Gasteiger partial charge is 0.127 e. The number of rotatable bonds is 9. The highest BCUT2D eigenvalue weighted by Gasteiger charge is 2.21. The molecule has 2 heteroatoms. The Balaban J connectivity index is 1.29. The van der Waals surface area contributed by atoms with E-state index in [0.717, 1.165) is 36.5 Å². The molecule has 1 aliphatic rings. The van der Waals surface area contributed by atoms with Crippen molar-refractivity contribution in [3.63, 3.8) is 0 Å². The molecule has 0 heterocycles. The Morgan fingerprint density at radius 3 is 2.23 bits per heavy atom. The van der Waals surface area contributed by atoms with E-state index in [1.807, 2.05) is 36.4 Å². The van der Waals surface area contributed by atoms with Gasteiger partial charge in [0.1, 0.15) is 17.2 Å². The second kappa shape index (κ2) is 10.0. The molecule has 1 saturated carbocycles. The number of para-hydroxylation sites is 1. The van der Waals surface area contributed by atoms with Gasteiger partial charge < -0.3 is 9.47 Å². The van der Waals surface area contributed by atoms with Gasteiger partial charge in [0.15, 0.2) is 0 Å². The van der Waals surface area contributed by atoms with Crippen molar-refractivity contribution in [2.75, 3.05) is 0 Å². The van der Waals surface area contributed by atoms with Crippen LogP contribution in [0.25, 0.3) is 0 Å². The average Bonchev–Trinajstić information content (AvgIpc) is 3.28. The van der Waals surface area contributed by atoms with Crippen molar-refractivity contribution in [2.45, 2.75) is 70.3 Å². The molecule has 3 aromatic carbocycles. The summed E-state index contributed by atoms with van der Waals surface area (Å²) in [6, 6.07) is 27.2. The summed E-state index contributed by atoms with van der Waals surface area (Å²) in [5.74, 6) is 2.80. The monoisotopic (exact) mass is 414 g/mol. The van der Waals surface area contributed by atoms with Gasteiger partial charge >= 0.3 is 0 Å². The quantitative estimate of drug-likeness (QED) is 0.352. The van der Waals surface area contributed by atoms with E-state index in [4.69, 9.17) is 9.47 Å². The van der Waals surface area contributed by atoms with Crippen molar-refractivity contribution >= 4 is 0 Å². The third kappa shape index (κ3) is 6.13. The van der Waals surface area contributed by atoms with Crippen molar-refractivity contribution in [3.8, 4) is 17.2 Å². The van der Waals surface area contributed by atoms with Crippen LogP contribution in [0.15, 0.2) is 78.9 Å². The van der Waals surface area contributed by atoms with Crippen LogP contribution in [0.3, 0.4) is 0 Å². The van der Waals surface area contributed by atoms with Crippen LogP contribution in [0, 0.1) is 0 Å². The number of hydrogen-bond acceptors (Lipinski definition) is 2. The fraction of sp³-hybridized carbons (Fsp3) is 0.379. The first kappa shape index (κ1) is 21.5. The molecule has 0 spiro atoms. The van der Waals surface area contributed by atoms with Gasteiger partial charge in [0, 0.05) is 0 Å². The highest BCUT2D eigenvalue weighted by atomic mass is 16.5. The first-order chi connectivity index (χ1) is 15.1. The molecular weight excluding hydrogens is 380 g/mol. The Kier molecular flexibility index (Phi) is 6.96. The summed E-state index contributed by atoms with van der Waals surface area (Å²) in [4.78, 5) is 0. The van der Waals surface area contributed by atoms with Gasteiger partial charge in [0.2, 0.25) is 0 Å². The number of hydrogen-bond donors (Lipinski definition) is 0. The summed E-state index contributed by atoms with van der Waals surface area (Å²) in [5, 5.41) is 0. The third-order valence-corrected chi connectivity index (χ3v) is 6.39. The molecule has 1 fully saturated rings. The minimum absolute atomic E-state index is 0.143. The molecule has 0 amide bonds. The van der Waals surface area contributed by atoms with Crippen molar-refractivity contribution in [3.05, 3.63) is 90.0 Å². The maximum atomic E-state index is 6.12. The second-order valence-corrected chi connectivity index (χ2v) is 9.35. The molecule has 1 aliphatic carbocycles. The Morgan fingerprint density at radius 1 is 0.774 bits per heavy atom. The van der Waals surface area contributed by atoms with E-state index in [2.05, 4.69) is 56.3 Å². The normalized spacial score (nSPS) is 14.5. The highest BCUT2D eigenvalue weighted by Crippen LogP contribution is 2.32. The molecular formula is C29H34O2. The predicted octanol–water partition coefficient (Wildman–Crippen LogP) is 8.10. The van der Waals surface area contributed by atoms with Crippen molar-refractivity contribution in [1.82, 2.24) is 0 Å². The SMILES string of the molecule is CC(C)(CCCc1cccc(Oc2ccccc2)c1)c1ccc(OC2CCCC2)cc1.